The Kier molecular flexibility index (Phi) is 4.54. The van der Waals surface area contributed by atoms with Crippen LogP contribution in [0, 0.1) is 0 Å². The van der Waals surface area contributed by atoms with Crippen molar-refractivity contribution in [2.24, 2.45) is 5.73 Å². The third-order valence-corrected chi connectivity index (χ3v) is 2.38. The van der Waals surface area contributed by atoms with E-state index in [4.69, 9.17) is 15.2 Å². The van der Waals surface area contributed by atoms with Crippen LogP contribution in [0.5, 0.6) is 0 Å². The summed E-state index contributed by atoms with van der Waals surface area (Å²) in [5.74, 6) is 0. The summed E-state index contributed by atoms with van der Waals surface area (Å²) in [6.07, 6.45) is 4.03. The second-order valence-corrected chi connectivity index (χ2v) is 5.22. The highest BCUT2D eigenvalue weighted by Crippen LogP contribution is 2.21. The van der Waals surface area contributed by atoms with Crippen LogP contribution < -0.4 is 11.1 Å². The largest absolute Gasteiger partial charge is 0.444 e. The second-order valence-electron chi connectivity index (χ2n) is 5.22. The molecule has 1 saturated heterocycles. The summed E-state index contributed by atoms with van der Waals surface area (Å²) in [6.45, 7) is 7.03. The molecule has 0 aromatic heterocycles. The van der Waals surface area contributed by atoms with Crippen LogP contribution in [0.1, 0.15) is 27.2 Å². The van der Waals surface area contributed by atoms with E-state index in [9.17, 15) is 4.79 Å². The van der Waals surface area contributed by atoms with Crippen molar-refractivity contribution in [2.45, 2.75) is 38.3 Å². The van der Waals surface area contributed by atoms with Crippen molar-refractivity contribution in [3.8, 4) is 0 Å². The number of hydrogen-bond acceptors (Lipinski definition) is 4. The first-order valence-corrected chi connectivity index (χ1v) is 5.84. The molecule has 1 unspecified atom stereocenters. The van der Waals surface area contributed by atoms with E-state index in [1.165, 1.54) is 0 Å². The van der Waals surface area contributed by atoms with Gasteiger partial charge in [-0.25, -0.2) is 4.79 Å². The molecule has 0 aliphatic carbocycles. The maximum atomic E-state index is 11.7. The fourth-order valence-corrected chi connectivity index (χ4v) is 1.65. The highest BCUT2D eigenvalue weighted by Gasteiger charge is 2.35. The quantitative estimate of drug-likeness (QED) is 0.729. The number of alkyl carbamates (subject to hydrolysis) is 1. The van der Waals surface area contributed by atoms with Crippen LogP contribution in [0.3, 0.4) is 0 Å². The molecule has 3 N–H and O–H groups in total. The Morgan fingerprint density at radius 1 is 1.59 bits per heavy atom. The van der Waals surface area contributed by atoms with E-state index < -0.39 is 17.2 Å². The molecule has 1 rings (SSSR count). The number of carbonyl (C=O) groups excluding carboxylic acids is 1. The van der Waals surface area contributed by atoms with E-state index in [1.807, 2.05) is 32.9 Å². The maximum Gasteiger partial charge on any atom is 0.408 e. The molecular formula is C12H22N2O3. The van der Waals surface area contributed by atoms with Gasteiger partial charge in [0.15, 0.2) is 0 Å². The predicted octanol–water partition coefficient (Wildman–Crippen LogP) is 1.19. The Labute approximate surface area is 102 Å². The van der Waals surface area contributed by atoms with E-state index in [-0.39, 0.29) is 0 Å². The number of nitrogens with two attached hydrogens (primary N) is 1. The summed E-state index contributed by atoms with van der Waals surface area (Å²) in [7, 11) is 0. The molecule has 17 heavy (non-hydrogen) atoms. The fourth-order valence-electron chi connectivity index (χ4n) is 1.65. The summed E-state index contributed by atoms with van der Waals surface area (Å²) in [5.41, 5.74) is 4.46. The van der Waals surface area contributed by atoms with Crippen LogP contribution in [0.15, 0.2) is 12.2 Å². The topological polar surface area (TPSA) is 73.6 Å². The van der Waals surface area contributed by atoms with Gasteiger partial charge in [-0.3, -0.25) is 0 Å². The Balaban J connectivity index is 2.61. The number of amides is 1. The van der Waals surface area contributed by atoms with Crippen LogP contribution in [-0.2, 0) is 9.47 Å². The van der Waals surface area contributed by atoms with Crippen molar-refractivity contribution in [3.63, 3.8) is 0 Å². The molecule has 0 spiro atoms. The summed E-state index contributed by atoms with van der Waals surface area (Å²) in [5, 5.41) is 2.86. The van der Waals surface area contributed by atoms with E-state index in [0.29, 0.717) is 19.8 Å². The minimum Gasteiger partial charge on any atom is -0.444 e. The Morgan fingerprint density at radius 2 is 2.29 bits per heavy atom. The predicted molar refractivity (Wildman–Crippen MR) is 65.7 cm³/mol. The number of ether oxygens (including phenoxy) is 2. The lowest BCUT2D eigenvalue weighted by molar-refractivity contribution is 0.0468. The average Bonchev–Trinajstić information content (AvgIpc) is 2.60. The first-order valence-electron chi connectivity index (χ1n) is 5.84. The molecule has 1 atom stereocenters. The van der Waals surface area contributed by atoms with Crippen LogP contribution in [0.4, 0.5) is 4.79 Å². The van der Waals surface area contributed by atoms with Crippen molar-refractivity contribution in [2.75, 3.05) is 19.8 Å². The van der Waals surface area contributed by atoms with Gasteiger partial charge in [0.1, 0.15) is 5.60 Å². The first kappa shape index (κ1) is 14.0. The van der Waals surface area contributed by atoms with E-state index in [0.717, 1.165) is 6.42 Å². The molecule has 0 aromatic carbocycles. The summed E-state index contributed by atoms with van der Waals surface area (Å²) in [4.78, 5) is 11.7. The van der Waals surface area contributed by atoms with Gasteiger partial charge in [-0.05, 0) is 27.2 Å². The van der Waals surface area contributed by atoms with Crippen LogP contribution in [0.2, 0.25) is 0 Å². The van der Waals surface area contributed by atoms with Gasteiger partial charge in [0.05, 0.1) is 12.1 Å². The molecule has 0 aromatic rings. The van der Waals surface area contributed by atoms with Gasteiger partial charge in [0.25, 0.3) is 0 Å². The van der Waals surface area contributed by atoms with Crippen molar-refractivity contribution in [3.05, 3.63) is 12.2 Å². The lowest BCUT2D eigenvalue weighted by atomic mass is 9.98. The van der Waals surface area contributed by atoms with Gasteiger partial charge in [0.2, 0.25) is 0 Å². The van der Waals surface area contributed by atoms with Crippen molar-refractivity contribution in [1.82, 2.24) is 5.32 Å². The van der Waals surface area contributed by atoms with Gasteiger partial charge in [-0.15, -0.1) is 0 Å². The number of hydrogen-bond donors (Lipinski definition) is 2. The lowest BCUT2D eigenvalue weighted by Crippen LogP contribution is -2.49. The molecule has 1 aliphatic heterocycles. The molecule has 0 radical (unpaired) electrons. The van der Waals surface area contributed by atoms with Crippen LogP contribution in [0.25, 0.3) is 0 Å². The Hall–Kier alpha value is -1.07. The molecule has 0 saturated carbocycles. The van der Waals surface area contributed by atoms with Crippen molar-refractivity contribution >= 4 is 6.09 Å². The standard InChI is InChI=1S/C12H22N2O3/c1-11(2,3)17-10(15)14-12(5-4-7-13)6-8-16-9-12/h4-5H,6-9,13H2,1-3H3,(H,14,15)/b5-4+. The average molecular weight is 242 g/mol. The molecule has 1 fully saturated rings. The fraction of sp³-hybridized carbons (Fsp3) is 0.750. The second kappa shape index (κ2) is 5.51. The normalized spacial score (nSPS) is 25.2. The third kappa shape index (κ3) is 4.75. The first-order chi connectivity index (χ1) is 7.87. The lowest BCUT2D eigenvalue weighted by Gasteiger charge is -2.27. The van der Waals surface area contributed by atoms with E-state index in [1.54, 1.807) is 0 Å². The highest BCUT2D eigenvalue weighted by atomic mass is 16.6. The molecule has 1 aliphatic rings. The number of nitrogens with one attached hydrogen (secondary N) is 1. The molecule has 98 valence electrons. The van der Waals surface area contributed by atoms with Gasteiger partial charge in [0, 0.05) is 13.2 Å². The zero-order valence-corrected chi connectivity index (χ0v) is 10.8. The molecule has 1 amide bonds. The Morgan fingerprint density at radius 3 is 2.76 bits per heavy atom. The molecule has 5 nitrogen and oxygen atoms in total. The minimum absolute atomic E-state index is 0.426. The Bertz CT molecular complexity index is 289. The van der Waals surface area contributed by atoms with Gasteiger partial charge in [-0.2, -0.15) is 0 Å². The SMILES string of the molecule is CC(C)(C)OC(=O)NC1(/C=C/CN)CCOC1. The van der Waals surface area contributed by atoms with E-state index >= 15 is 0 Å². The van der Waals surface area contributed by atoms with Crippen molar-refractivity contribution in [1.29, 1.82) is 0 Å². The zero-order chi connectivity index (χ0) is 12.9. The summed E-state index contributed by atoms with van der Waals surface area (Å²) < 4.78 is 10.6. The van der Waals surface area contributed by atoms with E-state index in [2.05, 4.69) is 5.32 Å². The van der Waals surface area contributed by atoms with Gasteiger partial charge >= 0.3 is 6.09 Å². The van der Waals surface area contributed by atoms with Crippen molar-refractivity contribution < 1.29 is 14.3 Å². The van der Waals surface area contributed by atoms with Gasteiger partial charge < -0.3 is 20.5 Å². The maximum absolute atomic E-state index is 11.7. The minimum atomic E-state index is -0.498. The number of carbonyl (C=O) groups is 1. The van der Waals surface area contributed by atoms with Crippen LogP contribution in [-0.4, -0.2) is 37.0 Å². The zero-order valence-electron chi connectivity index (χ0n) is 10.8. The molecule has 1 heterocycles. The smallest absolute Gasteiger partial charge is 0.408 e. The molecular weight excluding hydrogens is 220 g/mol. The van der Waals surface area contributed by atoms with Gasteiger partial charge in [-0.1, -0.05) is 12.2 Å². The highest BCUT2D eigenvalue weighted by molar-refractivity contribution is 5.69. The third-order valence-electron chi connectivity index (χ3n) is 2.38. The summed E-state index contributed by atoms with van der Waals surface area (Å²) in [6, 6.07) is 0. The molecule has 5 heteroatoms. The monoisotopic (exact) mass is 242 g/mol. The summed E-state index contributed by atoms with van der Waals surface area (Å²) >= 11 is 0. The molecule has 0 bridgehead atoms. The van der Waals surface area contributed by atoms with Crippen LogP contribution >= 0.6 is 0 Å². The number of rotatable bonds is 3.